The van der Waals surface area contributed by atoms with Crippen molar-refractivity contribution in [2.24, 2.45) is 5.10 Å². The molecule has 34 heavy (non-hydrogen) atoms. The van der Waals surface area contributed by atoms with Crippen molar-refractivity contribution in [1.29, 1.82) is 0 Å². The molecule has 0 aliphatic heterocycles. The number of hydrazone groups is 1. The van der Waals surface area contributed by atoms with Gasteiger partial charge in [0.2, 0.25) is 0 Å². The van der Waals surface area contributed by atoms with E-state index in [0.29, 0.717) is 47.2 Å². The number of rotatable bonds is 10. The number of nitrogens with one attached hydrogen (secondary N) is 2. The third-order valence-corrected chi connectivity index (χ3v) is 4.70. The number of benzene rings is 2. The summed E-state index contributed by atoms with van der Waals surface area (Å²) >= 11 is 0. The molecular formula is C23H23N7O4. The van der Waals surface area contributed by atoms with Crippen molar-refractivity contribution in [2.75, 3.05) is 31.1 Å². The predicted octanol–water partition coefficient (Wildman–Crippen LogP) is 3.08. The summed E-state index contributed by atoms with van der Waals surface area (Å²) < 4.78 is 10.7. The molecule has 0 aliphatic carbocycles. The number of fused-ring (bicyclic) bond motifs is 1. The molecule has 2 aromatic heterocycles. The lowest BCUT2D eigenvalue weighted by atomic mass is 10.2. The van der Waals surface area contributed by atoms with Crippen LogP contribution in [0.25, 0.3) is 11.0 Å². The van der Waals surface area contributed by atoms with Crippen LogP contribution in [0.3, 0.4) is 0 Å². The van der Waals surface area contributed by atoms with E-state index in [9.17, 15) is 5.11 Å². The first-order valence-corrected chi connectivity index (χ1v) is 10.4. The summed E-state index contributed by atoms with van der Waals surface area (Å²) in [4.78, 5) is 17.2. The first kappa shape index (κ1) is 22.7. The zero-order valence-electron chi connectivity index (χ0n) is 18.3. The second kappa shape index (κ2) is 10.9. The molecule has 4 aromatic rings. The number of aromatic hydroxyl groups is 1. The highest BCUT2D eigenvalue weighted by atomic mass is 16.5. The molecule has 0 saturated carbocycles. The molecule has 11 heteroatoms. The fourth-order valence-corrected chi connectivity index (χ4v) is 3.02. The molecule has 2 aromatic carbocycles. The first-order valence-electron chi connectivity index (χ1n) is 10.4. The number of phenols is 1. The standard InChI is InChI=1S/C23H23N7O4/c1-33-19-11-15(3-8-18(19)32)12-28-30-23-21-20(24-14-27-23)22(26-13-25-21)29-16-4-6-17(7-5-16)34-10-2-9-31/h3-8,11-14,31-32H,2,9-10H2,1H3,(H,24,27,30)(H,25,26,29)/b28-12+. The minimum atomic E-state index is 0.0509. The first-order chi connectivity index (χ1) is 16.7. The summed E-state index contributed by atoms with van der Waals surface area (Å²) in [5.41, 5.74) is 5.40. The van der Waals surface area contributed by atoms with Crippen molar-refractivity contribution in [1.82, 2.24) is 19.9 Å². The van der Waals surface area contributed by atoms with Crippen LogP contribution in [0.2, 0.25) is 0 Å². The van der Waals surface area contributed by atoms with Gasteiger partial charge in [0.25, 0.3) is 0 Å². The molecule has 0 fully saturated rings. The van der Waals surface area contributed by atoms with Gasteiger partial charge < -0.3 is 25.0 Å². The normalized spacial score (nSPS) is 11.0. The zero-order valence-corrected chi connectivity index (χ0v) is 18.3. The Kier molecular flexibility index (Phi) is 7.25. The number of nitrogens with zero attached hydrogens (tertiary/aromatic N) is 5. The summed E-state index contributed by atoms with van der Waals surface area (Å²) in [5, 5.41) is 26.0. The third-order valence-electron chi connectivity index (χ3n) is 4.70. The van der Waals surface area contributed by atoms with Crippen LogP contribution in [0.1, 0.15) is 12.0 Å². The van der Waals surface area contributed by atoms with Gasteiger partial charge in [0.1, 0.15) is 29.4 Å². The van der Waals surface area contributed by atoms with E-state index in [1.54, 1.807) is 18.3 Å². The number of anilines is 3. The van der Waals surface area contributed by atoms with Crippen molar-refractivity contribution < 1.29 is 19.7 Å². The summed E-state index contributed by atoms with van der Waals surface area (Å²) in [6, 6.07) is 12.3. The van der Waals surface area contributed by atoms with E-state index in [1.807, 2.05) is 24.3 Å². The maximum atomic E-state index is 9.71. The quantitative estimate of drug-likeness (QED) is 0.158. The summed E-state index contributed by atoms with van der Waals surface area (Å²) in [5.74, 6) is 2.03. The Balaban J connectivity index is 1.50. The van der Waals surface area contributed by atoms with E-state index in [0.717, 1.165) is 11.3 Å². The van der Waals surface area contributed by atoms with E-state index >= 15 is 0 Å². The van der Waals surface area contributed by atoms with Crippen molar-refractivity contribution in [2.45, 2.75) is 6.42 Å². The van der Waals surface area contributed by atoms with Gasteiger partial charge in [-0.1, -0.05) is 0 Å². The molecule has 0 radical (unpaired) electrons. The lowest BCUT2D eigenvalue weighted by Crippen LogP contribution is -2.02. The van der Waals surface area contributed by atoms with Crippen molar-refractivity contribution in [3.05, 3.63) is 60.7 Å². The number of ether oxygens (including phenoxy) is 2. The van der Waals surface area contributed by atoms with Crippen LogP contribution in [0, 0.1) is 0 Å². The molecule has 0 atom stereocenters. The van der Waals surface area contributed by atoms with Crippen LogP contribution in [0.5, 0.6) is 17.2 Å². The van der Waals surface area contributed by atoms with Gasteiger partial charge in [0, 0.05) is 18.7 Å². The maximum absolute atomic E-state index is 9.71. The lowest BCUT2D eigenvalue weighted by Gasteiger charge is -2.10. The Morgan fingerprint density at radius 2 is 1.71 bits per heavy atom. The van der Waals surface area contributed by atoms with Gasteiger partial charge >= 0.3 is 0 Å². The number of phenolic OH excluding ortho intramolecular Hbond substituents is 1. The van der Waals surface area contributed by atoms with Gasteiger partial charge in [0.15, 0.2) is 23.1 Å². The van der Waals surface area contributed by atoms with Crippen LogP contribution >= 0.6 is 0 Å². The Labute approximate surface area is 195 Å². The second-order valence-electron chi connectivity index (χ2n) is 7.02. The molecule has 11 nitrogen and oxygen atoms in total. The highest BCUT2D eigenvalue weighted by Gasteiger charge is 2.10. The van der Waals surface area contributed by atoms with E-state index in [4.69, 9.17) is 14.6 Å². The SMILES string of the molecule is COc1cc(/C=N/Nc2ncnc3c(Nc4ccc(OCCCO)cc4)ncnc23)ccc1O. The van der Waals surface area contributed by atoms with Crippen LogP contribution in [0.15, 0.2) is 60.2 Å². The molecule has 174 valence electrons. The largest absolute Gasteiger partial charge is 0.504 e. The van der Waals surface area contributed by atoms with Crippen molar-refractivity contribution in [3.8, 4) is 17.2 Å². The summed E-state index contributed by atoms with van der Waals surface area (Å²) in [6.07, 6.45) is 4.97. The number of hydrogen-bond donors (Lipinski definition) is 4. The van der Waals surface area contributed by atoms with Gasteiger partial charge in [-0.25, -0.2) is 19.9 Å². The fourth-order valence-electron chi connectivity index (χ4n) is 3.02. The summed E-state index contributed by atoms with van der Waals surface area (Å²) in [7, 11) is 1.48. The van der Waals surface area contributed by atoms with Gasteiger partial charge in [-0.2, -0.15) is 5.10 Å². The molecule has 0 bridgehead atoms. The molecule has 0 amide bonds. The molecule has 2 heterocycles. The zero-order chi connectivity index (χ0) is 23.8. The number of methoxy groups -OCH3 is 1. The highest BCUT2D eigenvalue weighted by Crippen LogP contribution is 2.27. The molecule has 4 rings (SSSR count). The fraction of sp³-hybridized carbons (Fsp3) is 0.174. The molecule has 0 saturated heterocycles. The Bertz CT molecular complexity index is 1280. The van der Waals surface area contributed by atoms with Gasteiger partial charge in [0.05, 0.1) is 19.9 Å². The number of aromatic nitrogens is 4. The predicted molar refractivity (Wildman–Crippen MR) is 128 cm³/mol. The van der Waals surface area contributed by atoms with Crippen LogP contribution in [-0.4, -0.2) is 56.7 Å². The monoisotopic (exact) mass is 461 g/mol. The average Bonchev–Trinajstić information content (AvgIpc) is 2.86. The molecular weight excluding hydrogens is 438 g/mol. The van der Waals surface area contributed by atoms with Crippen molar-refractivity contribution >= 4 is 34.6 Å². The Morgan fingerprint density at radius 1 is 0.971 bits per heavy atom. The summed E-state index contributed by atoms with van der Waals surface area (Å²) in [6.45, 7) is 0.547. The Morgan fingerprint density at radius 3 is 2.44 bits per heavy atom. The number of aliphatic hydroxyl groups is 1. The number of hydrogen-bond acceptors (Lipinski definition) is 11. The van der Waals surface area contributed by atoms with E-state index in [2.05, 4.69) is 35.8 Å². The maximum Gasteiger partial charge on any atom is 0.176 e. The van der Waals surface area contributed by atoms with Gasteiger partial charge in [-0.3, -0.25) is 5.43 Å². The highest BCUT2D eigenvalue weighted by molar-refractivity contribution is 5.93. The van der Waals surface area contributed by atoms with Crippen LogP contribution in [0.4, 0.5) is 17.3 Å². The van der Waals surface area contributed by atoms with E-state index < -0.39 is 0 Å². The number of aliphatic hydroxyl groups excluding tert-OH is 1. The minimum absolute atomic E-state index is 0.0509. The smallest absolute Gasteiger partial charge is 0.176 e. The second-order valence-corrected chi connectivity index (χ2v) is 7.02. The molecule has 0 aliphatic rings. The Hall–Kier alpha value is -4.51. The van der Waals surface area contributed by atoms with Gasteiger partial charge in [-0.15, -0.1) is 0 Å². The van der Waals surface area contributed by atoms with Crippen LogP contribution in [-0.2, 0) is 0 Å². The third kappa shape index (κ3) is 5.45. The minimum Gasteiger partial charge on any atom is -0.504 e. The molecule has 4 N–H and O–H groups in total. The molecule has 0 spiro atoms. The van der Waals surface area contributed by atoms with E-state index in [1.165, 1.54) is 25.8 Å². The average molecular weight is 461 g/mol. The van der Waals surface area contributed by atoms with E-state index in [-0.39, 0.29) is 12.4 Å². The van der Waals surface area contributed by atoms with Crippen LogP contribution < -0.4 is 20.2 Å². The topological polar surface area (TPSA) is 147 Å². The molecule has 0 unspecified atom stereocenters. The van der Waals surface area contributed by atoms with Gasteiger partial charge in [-0.05, 0) is 48.0 Å². The van der Waals surface area contributed by atoms with Crippen molar-refractivity contribution in [3.63, 3.8) is 0 Å². The lowest BCUT2D eigenvalue weighted by molar-refractivity contribution is 0.233.